The quantitative estimate of drug-likeness (QED) is 0.109. The summed E-state index contributed by atoms with van der Waals surface area (Å²) in [6, 6.07) is 3.29. The van der Waals surface area contributed by atoms with Crippen LogP contribution in [0.2, 0.25) is 0 Å². The van der Waals surface area contributed by atoms with Gasteiger partial charge in [0.2, 0.25) is 5.91 Å². The molecular formula is C21H27IN4O9. The second-order valence-electron chi connectivity index (χ2n) is 7.34. The first-order valence-electron chi connectivity index (χ1n) is 10.5. The number of hydrogen-bond acceptors (Lipinski definition) is 6. The topological polar surface area (TPSA) is 211 Å². The van der Waals surface area contributed by atoms with Crippen molar-refractivity contribution in [1.82, 2.24) is 21.3 Å². The van der Waals surface area contributed by atoms with Crippen LogP contribution < -0.4 is 21.3 Å². The molecule has 0 aromatic heterocycles. The van der Waals surface area contributed by atoms with Crippen LogP contribution in [0.25, 0.3) is 0 Å². The highest BCUT2D eigenvalue weighted by atomic mass is 127. The van der Waals surface area contributed by atoms with Crippen LogP contribution in [0.1, 0.15) is 42.5 Å². The molecule has 0 spiro atoms. The van der Waals surface area contributed by atoms with Crippen LogP contribution >= 0.6 is 22.6 Å². The van der Waals surface area contributed by atoms with Gasteiger partial charge < -0.3 is 36.6 Å². The van der Waals surface area contributed by atoms with E-state index in [2.05, 4.69) is 43.9 Å². The molecule has 0 aliphatic heterocycles. The lowest BCUT2D eigenvalue weighted by Gasteiger charge is -2.17. The van der Waals surface area contributed by atoms with Crippen molar-refractivity contribution in [2.75, 3.05) is 13.1 Å². The number of hydrogen-bond donors (Lipinski definition) is 7. The van der Waals surface area contributed by atoms with Crippen LogP contribution in [0.5, 0.6) is 0 Å². The standard InChI is InChI=1S/C21H27IN4O9/c22-13-5-3-12(4-6-13)18(30)23-10-1-2-16(27)25-15(20(33)34)9-11-24-21(35)26-14(19(31)32)7-8-17(28)29/h3-6,14-15H,1-2,7-11H2,(H,23,30)(H,25,27)(H,28,29)(H,31,32)(H,33,34)(H2,24,26,35)/t14-,15+/m0/s1. The zero-order valence-corrected chi connectivity index (χ0v) is 20.7. The molecule has 0 unspecified atom stereocenters. The van der Waals surface area contributed by atoms with Gasteiger partial charge in [-0.2, -0.15) is 0 Å². The van der Waals surface area contributed by atoms with E-state index >= 15 is 0 Å². The van der Waals surface area contributed by atoms with Crippen LogP contribution in [0.4, 0.5) is 4.79 Å². The van der Waals surface area contributed by atoms with E-state index in [1.165, 1.54) is 0 Å². The van der Waals surface area contributed by atoms with E-state index in [0.29, 0.717) is 5.56 Å². The summed E-state index contributed by atoms with van der Waals surface area (Å²) in [6.07, 6.45) is -0.710. The van der Waals surface area contributed by atoms with Crippen LogP contribution in [-0.2, 0) is 19.2 Å². The minimum absolute atomic E-state index is 0.0332. The molecule has 0 heterocycles. The van der Waals surface area contributed by atoms with Gasteiger partial charge in [0, 0.05) is 35.1 Å². The van der Waals surface area contributed by atoms with E-state index in [-0.39, 0.29) is 44.7 Å². The molecule has 0 aliphatic carbocycles. The zero-order valence-electron chi connectivity index (χ0n) is 18.6. The fourth-order valence-corrected chi connectivity index (χ4v) is 3.10. The van der Waals surface area contributed by atoms with Gasteiger partial charge in [-0.1, -0.05) is 0 Å². The largest absolute Gasteiger partial charge is 0.481 e. The van der Waals surface area contributed by atoms with Crippen molar-refractivity contribution in [3.8, 4) is 0 Å². The third kappa shape index (κ3) is 12.6. The monoisotopic (exact) mass is 606 g/mol. The summed E-state index contributed by atoms with van der Waals surface area (Å²) in [5.41, 5.74) is 0.480. The summed E-state index contributed by atoms with van der Waals surface area (Å²) in [4.78, 5) is 68.9. The normalized spacial score (nSPS) is 12.0. The fourth-order valence-electron chi connectivity index (χ4n) is 2.74. The molecule has 7 N–H and O–H groups in total. The molecule has 4 amide bonds. The molecule has 192 valence electrons. The maximum absolute atomic E-state index is 12.1. The molecule has 35 heavy (non-hydrogen) atoms. The molecule has 2 atom stereocenters. The first-order chi connectivity index (χ1) is 16.5. The number of urea groups is 1. The average molecular weight is 606 g/mol. The molecule has 0 saturated heterocycles. The Bertz CT molecular complexity index is 924. The van der Waals surface area contributed by atoms with Crippen LogP contribution in [0, 0.1) is 3.57 Å². The summed E-state index contributed by atoms with van der Waals surface area (Å²) < 4.78 is 0.986. The van der Waals surface area contributed by atoms with E-state index in [9.17, 15) is 33.9 Å². The molecule has 0 saturated carbocycles. The highest BCUT2D eigenvalue weighted by Gasteiger charge is 2.22. The van der Waals surface area contributed by atoms with Crippen LogP contribution in [0.15, 0.2) is 24.3 Å². The van der Waals surface area contributed by atoms with Gasteiger partial charge in [0.25, 0.3) is 5.91 Å². The Balaban J connectivity index is 2.35. The van der Waals surface area contributed by atoms with Crippen LogP contribution in [-0.4, -0.2) is 76.2 Å². The first-order valence-corrected chi connectivity index (χ1v) is 11.6. The Morgan fingerprint density at radius 2 is 1.37 bits per heavy atom. The number of benzene rings is 1. The van der Waals surface area contributed by atoms with E-state index in [0.717, 1.165) is 3.57 Å². The fraction of sp³-hybridized carbons (Fsp3) is 0.429. The number of carbonyl (C=O) groups is 6. The maximum atomic E-state index is 12.1. The van der Waals surface area contributed by atoms with Gasteiger partial charge in [-0.05, 0) is 66.1 Å². The van der Waals surface area contributed by atoms with Gasteiger partial charge in [-0.25, -0.2) is 14.4 Å². The maximum Gasteiger partial charge on any atom is 0.326 e. The minimum atomic E-state index is -1.42. The summed E-state index contributed by atoms with van der Waals surface area (Å²) in [7, 11) is 0. The van der Waals surface area contributed by atoms with Crippen molar-refractivity contribution in [2.45, 2.75) is 44.2 Å². The molecule has 14 heteroatoms. The molecule has 1 rings (SSSR count). The number of halogens is 1. The average Bonchev–Trinajstić information content (AvgIpc) is 2.78. The molecule has 13 nitrogen and oxygen atoms in total. The van der Waals surface area contributed by atoms with E-state index in [4.69, 9.17) is 10.2 Å². The Hall–Kier alpha value is -3.43. The minimum Gasteiger partial charge on any atom is -0.481 e. The Morgan fingerprint density at radius 1 is 0.771 bits per heavy atom. The Kier molecular flexibility index (Phi) is 13.1. The third-order valence-corrected chi connectivity index (χ3v) is 5.29. The van der Waals surface area contributed by atoms with Crippen molar-refractivity contribution in [3.05, 3.63) is 33.4 Å². The van der Waals surface area contributed by atoms with Crippen molar-refractivity contribution in [3.63, 3.8) is 0 Å². The molecule has 0 aliphatic rings. The number of carboxylic acids is 3. The first kappa shape index (κ1) is 29.6. The van der Waals surface area contributed by atoms with Gasteiger partial charge in [-0.3, -0.25) is 14.4 Å². The molecule has 0 fully saturated rings. The number of carboxylic acid groups (broad SMARTS) is 3. The highest BCUT2D eigenvalue weighted by Crippen LogP contribution is 2.06. The lowest BCUT2D eigenvalue weighted by Crippen LogP contribution is -2.48. The second kappa shape index (κ2) is 15.5. The SMILES string of the molecule is O=C(O)CC[C@H](NC(=O)NCC[C@@H](NC(=O)CCCNC(=O)c1ccc(I)cc1)C(=O)O)C(=O)O. The van der Waals surface area contributed by atoms with Crippen LogP contribution in [0.3, 0.4) is 0 Å². The molecule has 0 bridgehead atoms. The summed E-state index contributed by atoms with van der Waals surface area (Å²) in [5.74, 6) is -4.79. The number of aliphatic carboxylic acids is 3. The van der Waals surface area contributed by atoms with Gasteiger partial charge >= 0.3 is 23.9 Å². The predicted octanol–water partition coefficient (Wildman–Crippen LogP) is 0.378. The van der Waals surface area contributed by atoms with Crippen molar-refractivity contribution >= 4 is 58.3 Å². The van der Waals surface area contributed by atoms with E-state index in [1.54, 1.807) is 24.3 Å². The number of rotatable bonds is 15. The lowest BCUT2D eigenvalue weighted by molar-refractivity contribution is -0.142. The lowest BCUT2D eigenvalue weighted by atomic mass is 10.1. The summed E-state index contributed by atoms with van der Waals surface area (Å²) in [5, 5.41) is 36.3. The van der Waals surface area contributed by atoms with E-state index < -0.39 is 48.4 Å². The molecule has 1 aromatic carbocycles. The summed E-state index contributed by atoms with van der Waals surface area (Å²) in [6.45, 7) is 0.0186. The number of carbonyl (C=O) groups excluding carboxylic acids is 3. The molecule has 0 radical (unpaired) electrons. The number of amides is 4. The van der Waals surface area contributed by atoms with Crippen molar-refractivity contribution < 1.29 is 44.1 Å². The predicted molar refractivity (Wildman–Crippen MR) is 130 cm³/mol. The molecular weight excluding hydrogens is 579 g/mol. The van der Waals surface area contributed by atoms with E-state index in [1.807, 2.05) is 0 Å². The van der Waals surface area contributed by atoms with Gasteiger partial charge in [-0.15, -0.1) is 0 Å². The molecule has 1 aromatic rings. The van der Waals surface area contributed by atoms with Crippen molar-refractivity contribution in [1.29, 1.82) is 0 Å². The summed E-state index contributed by atoms with van der Waals surface area (Å²) >= 11 is 2.12. The highest BCUT2D eigenvalue weighted by molar-refractivity contribution is 14.1. The third-order valence-electron chi connectivity index (χ3n) is 4.57. The van der Waals surface area contributed by atoms with Gasteiger partial charge in [0.1, 0.15) is 12.1 Å². The zero-order chi connectivity index (χ0) is 26.4. The smallest absolute Gasteiger partial charge is 0.326 e. The van der Waals surface area contributed by atoms with Crippen molar-refractivity contribution in [2.24, 2.45) is 0 Å². The number of nitrogens with one attached hydrogen (secondary N) is 4. The second-order valence-corrected chi connectivity index (χ2v) is 8.58. The Morgan fingerprint density at radius 3 is 1.94 bits per heavy atom. The van der Waals surface area contributed by atoms with Gasteiger partial charge in [0.15, 0.2) is 0 Å². The van der Waals surface area contributed by atoms with Gasteiger partial charge in [0.05, 0.1) is 0 Å². The Labute approximate surface area is 214 Å².